The summed E-state index contributed by atoms with van der Waals surface area (Å²) >= 11 is 0. The van der Waals surface area contributed by atoms with Crippen molar-refractivity contribution >= 4 is 0 Å². The van der Waals surface area contributed by atoms with Gasteiger partial charge in [0.05, 0.1) is 0 Å². The van der Waals surface area contributed by atoms with Gasteiger partial charge < -0.3 is 10.2 Å². The second kappa shape index (κ2) is 5.27. The average molecular weight is 236 g/mol. The van der Waals surface area contributed by atoms with Gasteiger partial charge in [0.15, 0.2) is 0 Å². The molecule has 1 saturated carbocycles. The van der Waals surface area contributed by atoms with Crippen molar-refractivity contribution in [3.8, 4) is 0 Å². The van der Waals surface area contributed by atoms with Crippen LogP contribution < -0.4 is 5.32 Å². The van der Waals surface area contributed by atoms with Crippen LogP contribution in [-0.4, -0.2) is 36.1 Å². The van der Waals surface area contributed by atoms with Crippen molar-refractivity contribution in [3.05, 3.63) is 0 Å². The van der Waals surface area contributed by atoms with Crippen molar-refractivity contribution in [1.82, 2.24) is 10.2 Å². The highest BCUT2D eigenvalue weighted by Gasteiger charge is 2.32. The van der Waals surface area contributed by atoms with Crippen LogP contribution in [0, 0.1) is 5.92 Å². The Kier molecular flexibility index (Phi) is 3.72. The number of piperidine rings is 1. The van der Waals surface area contributed by atoms with Gasteiger partial charge in [-0.1, -0.05) is 6.92 Å². The van der Waals surface area contributed by atoms with Gasteiger partial charge in [0.25, 0.3) is 0 Å². The van der Waals surface area contributed by atoms with Crippen molar-refractivity contribution in [2.24, 2.45) is 5.92 Å². The molecule has 1 aliphatic carbocycles. The zero-order valence-electron chi connectivity index (χ0n) is 11.3. The Morgan fingerprint density at radius 1 is 0.882 bits per heavy atom. The van der Waals surface area contributed by atoms with E-state index in [0.717, 1.165) is 24.0 Å². The topological polar surface area (TPSA) is 15.3 Å². The first-order valence-corrected chi connectivity index (χ1v) is 7.81. The molecule has 2 unspecified atom stereocenters. The number of fused-ring (bicyclic) bond motifs is 1. The third-order valence-corrected chi connectivity index (χ3v) is 5.31. The molecule has 2 heteroatoms. The summed E-state index contributed by atoms with van der Waals surface area (Å²) in [4.78, 5) is 2.72. The molecule has 3 fully saturated rings. The number of hydrogen-bond acceptors (Lipinski definition) is 2. The van der Waals surface area contributed by atoms with Crippen molar-refractivity contribution in [3.63, 3.8) is 0 Å². The van der Waals surface area contributed by atoms with E-state index in [-0.39, 0.29) is 0 Å². The second-order valence-corrected chi connectivity index (χ2v) is 6.68. The monoisotopic (exact) mass is 236 g/mol. The highest BCUT2D eigenvalue weighted by molar-refractivity contribution is 4.91. The quantitative estimate of drug-likeness (QED) is 0.793. The predicted molar refractivity (Wildman–Crippen MR) is 72.2 cm³/mol. The molecule has 0 aromatic rings. The summed E-state index contributed by atoms with van der Waals surface area (Å²) in [7, 11) is 0. The molecule has 0 aromatic heterocycles. The Balaban J connectivity index is 1.46. The largest absolute Gasteiger partial charge is 0.311 e. The lowest BCUT2D eigenvalue weighted by Crippen LogP contribution is -2.49. The first-order chi connectivity index (χ1) is 8.31. The van der Waals surface area contributed by atoms with Gasteiger partial charge in [-0.2, -0.15) is 0 Å². The molecule has 2 saturated heterocycles. The van der Waals surface area contributed by atoms with Crippen LogP contribution in [-0.2, 0) is 0 Å². The molecule has 17 heavy (non-hydrogen) atoms. The molecule has 98 valence electrons. The Bertz CT molecular complexity index is 245. The van der Waals surface area contributed by atoms with Crippen LogP contribution in [0.3, 0.4) is 0 Å². The van der Waals surface area contributed by atoms with Gasteiger partial charge in [0, 0.05) is 18.1 Å². The lowest BCUT2D eigenvalue weighted by atomic mass is 9.86. The summed E-state index contributed by atoms with van der Waals surface area (Å²) in [6.45, 7) is 5.14. The molecule has 2 nitrogen and oxygen atoms in total. The average Bonchev–Trinajstić information content (AvgIpc) is 2.79. The molecule has 3 rings (SSSR count). The van der Waals surface area contributed by atoms with Crippen LogP contribution in [0.1, 0.15) is 58.3 Å². The molecule has 0 spiro atoms. The van der Waals surface area contributed by atoms with Crippen LogP contribution in [0.15, 0.2) is 0 Å². The van der Waals surface area contributed by atoms with E-state index in [0.29, 0.717) is 0 Å². The molecule has 0 aromatic carbocycles. The van der Waals surface area contributed by atoms with Gasteiger partial charge in [-0.15, -0.1) is 0 Å². The van der Waals surface area contributed by atoms with Crippen LogP contribution in [0.25, 0.3) is 0 Å². The van der Waals surface area contributed by atoms with Gasteiger partial charge in [-0.25, -0.2) is 0 Å². The van der Waals surface area contributed by atoms with Crippen molar-refractivity contribution in [2.45, 2.75) is 76.4 Å². The van der Waals surface area contributed by atoms with Crippen LogP contribution in [0.4, 0.5) is 0 Å². The number of nitrogens with zero attached hydrogens (tertiary/aromatic N) is 1. The third-order valence-electron chi connectivity index (χ3n) is 5.31. The second-order valence-electron chi connectivity index (χ2n) is 6.68. The number of rotatable bonds is 2. The summed E-state index contributed by atoms with van der Waals surface area (Å²) < 4.78 is 0. The third kappa shape index (κ3) is 2.85. The molecule has 3 aliphatic rings. The van der Waals surface area contributed by atoms with E-state index in [1.165, 1.54) is 64.5 Å². The Hall–Kier alpha value is -0.0800. The van der Waals surface area contributed by atoms with E-state index >= 15 is 0 Å². The predicted octanol–water partition coefficient (Wildman–Crippen LogP) is 2.78. The zero-order valence-corrected chi connectivity index (χ0v) is 11.3. The highest BCUT2D eigenvalue weighted by Crippen LogP contribution is 2.29. The van der Waals surface area contributed by atoms with Gasteiger partial charge in [-0.05, 0) is 70.4 Å². The maximum absolute atomic E-state index is 3.96. The van der Waals surface area contributed by atoms with Crippen molar-refractivity contribution < 1.29 is 0 Å². The lowest BCUT2D eigenvalue weighted by molar-refractivity contribution is 0.153. The van der Waals surface area contributed by atoms with E-state index in [4.69, 9.17) is 0 Å². The van der Waals surface area contributed by atoms with Gasteiger partial charge in [-0.3, -0.25) is 0 Å². The molecule has 2 aliphatic heterocycles. The summed E-state index contributed by atoms with van der Waals surface area (Å²) in [5, 5.41) is 3.96. The highest BCUT2D eigenvalue weighted by atomic mass is 15.2. The standard InChI is InChI=1S/C15H28N2/c1-12-4-6-13(7-5-12)16-14-8-10-17-9-2-3-15(17)11-14/h12-16H,2-11H2,1H3. The minimum absolute atomic E-state index is 0.827. The van der Waals surface area contributed by atoms with Gasteiger partial charge in [0.2, 0.25) is 0 Å². The Morgan fingerprint density at radius 2 is 1.71 bits per heavy atom. The van der Waals surface area contributed by atoms with E-state index in [1.54, 1.807) is 0 Å². The first-order valence-electron chi connectivity index (χ1n) is 7.81. The fraction of sp³-hybridized carbons (Fsp3) is 1.00. The molecule has 2 atom stereocenters. The smallest absolute Gasteiger partial charge is 0.0111 e. The molecule has 1 N–H and O–H groups in total. The van der Waals surface area contributed by atoms with Crippen LogP contribution in [0.5, 0.6) is 0 Å². The van der Waals surface area contributed by atoms with Crippen molar-refractivity contribution in [1.29, 1.82) is 0 Å². The summed E-state index contributed by atoms with van der Waals surface area (Å²) in [6.07, 6.45) is 11.4. The van der Waals surface area contributed by atoms with E-state index in [9.17, 15) is 0 Å². The molecular weight excluding hydrogens is 208 g/mol. The lowest BCUT2D eigenvalue weighted by Gasteiger charge is -2.38. The molecule has 0 bridgehead atoms. The minimum atomic E-state index is 0.827. The van der Waals surface area contributed by atoms with E-state index in [1.807, 2.05) is 0 Å². The maximum atomic E-state index is 3.96. The maximum Gasteiger partial charge on any atom is 0.0111 e. The fourth-order valence-corrected chi connectivity index (χ4v) is 4.14. The summed E-state index contributed by atoms with van der Waals surface area (Å²) in [6, 6.07) is 2.58. The van der Waals surface area contributed by atoms with E-state index < -0.39 is 0 Å². The van der Waals surface area contributed by atoms with Gasteiger partial charge in [0.1, 0.15) is 0 Å². The molecular formula is C15H28N2. The van der Waals surface area contributed by atoms with Gasteiger partial charge >= 0.3 is 0 Å². The molecule has 2 heterocycles. The van der Waals surface area contributed by atoms with E-state index in [2.05, 4.69) is 17.1 Å². The molecule has 0 radical (unpaired) electrons. The minimum Gasteiger partial charge on any atom is -0.311 e. The first kappa shape index (κ1) is 12.0. The van der Waals surface area contributed by atoms with Crippen LogP contribution in [0.2, 0.25) is 0 Å². The number of nitrogens with one attached hydrogen (secondary N) is 1. The molecule has 0 amide bonds. The fourth-order valence-electron chi connectivity index (χ4n) is 4.14. The SMILES string of the molecule is CC1CCC(NC2CCN3CCCC3C2)CC1. The van der Waals surface area contributed by atoms with Crippen LogP contribution >= 0.6 is 0 Å². The zero-order chi connectivity index (χ0) is 11.7. The Morgan fingerprint density at radius 3 is 2.53 bits per heavy atom. The summed E-state index contributed by atoms with van der Waals surface area (Å²) in [5.41, 5.74) is 0. The Labute approximate surface area is 106 Å². The van der Waals surface area contributed by atoms with Crippen molar-refractivity contribution in [2.75, 3.05) is 13.1 Å². The summed E-state index contributed by atoms with van der Waals surface area (Å²) in [5.74, 6) is 0.977. The normalized spacial score (nSPS) is 43.6. The number of hydrogen-bond donors (Lipinski definition) is 1.